The molecule has 0 saturated heterocycles. The minimum Gasteiger partial charge on any atom is -0.411 e. The second-order valence-corrected chi connectivity index (χ2v) is 8.48. The molecular weight excluding hydrogens is 369 g/mol. The number of nitrogen functional groups attached to an aromatic ring is 1. The fourth-order valence-electron chi connectivity index (χ4n) is 2.17. The summed E-state index contributed by atoms with van der Waals surface area (Å²) in [7, 11) is -2.58. The van der Waals surface area contributed by atoms with Gasteiger partial charge in [0.25, 0.3) is 0 Å². The van der Waals surface area contributed by atoms with Crippen LogP contribution in [-0.2, 0) is 16.4 Å². The number of benzene rings is 1. The van der Waals surface area contributed by atoms with Gasteiger partial charge in [0.15, 0.2) is 0 Å². The third kappa shape index (κ3) is 4.54. The zero-order valence-electron chi connectivity index (χ0n) is 13.3. The highest BCUT2D eigenvalue weighted by Gasteiger charge is 2.27. The SMILES string of the molecule is CN(CC(O)c1ccc(F)cc1)S(=O)(=O)c1cc(CC=NO)sc1N. The van der Waals surface area contributed by atoms with Crippen LogP contribution < -0.4 is 5.73 Å². The van der Waals surface area contributed by atoms with E-state index < -0.39 is 21.9 Å². The fourth-order valence-corrected chi connectivity index (χ4v) is 4.68. The Morgan fingerprint density at radius 1 is 1.40 bits per heavy atom. The van der Waals surface area contributed by atoms with Gasteiger partial charge in [-0.3, -0.25) is 0 Å². The van der Waals surface area contributed by atoms with Crippen LogP contribution >= 0.6 is 11.3 Å². The van der Waals surface area contributed by atoms with Crippen LogP contribution in [0.25, 0.3) is 0 Å². The Kier molecular flexibility index (Phi) is 6.11. The molecule has 0 aliphatic heterocycles. The summed E-state index contributed by atoms with van der Waals surface area (Å²) in [5.41, 5.74) is 6.20. The minimum absolute atomic E-state index is 0.0624. The molecule has 10 heteroatoms. The number of rotatable bonds is 7. The zero-order chi connectivity index (χ0) is 18.6. The van der Waals surface area contributed by atoms with Gasteiger partial charge in [0.05, 0.1) is 6.10 Å². The summed E-state index contributed by atoms with van der Waals surface area (Å²) in [5, 5.41) is 21.6. The molecule has 1 aromatic carbocycles. The standard InChI is InChI=1S/C15H18FN3O4S2/c1-19(9-13(20)10-2-4-11(16)5-3-10)25(22,23)14-8-12(6-7-18-21)24-15(14)17/h2-5,7-8,13,20-21H,6,9,17H2,1H3. The number of anilines is 1. The van der Waals surface area contributed by atoms with E-state index in [9.17, 15) is 17.9 Å². The van der Waals surface area contributed by atoms with Crippen molar-refractivity contribution in [1.29, 1.82) is 0 Å². The van der Waals surface area contributed by atoms with Crippen LogP contribution in [0.1, 0.15) is 16.5 Å². The Labute approximate surface area is 148 Å². The summed E-state index contributed by atoms with van der Waals surface area (Å²) >= 11 is 1.08. The van der Waals surface area contributed by atoms with Gasteiger partial charge in [-0.25, -0.2) is 12.8 Å². The van der Waals surface area contributed by atoms with Gasteiger partial charge in [-0.1, -0.05) is 12.1 Å². The van der Waals surface area contributed by atoms with Gasteiger partial charge in [-0.2, -0.15) is 4.31 Å². The molecule has 0 aliphatic carbocycles. The third-order valence-corrected chi connectivity index (χ3v) is 6.50. The minimum atomic E-state index is -3.91. The highest BCUT2D eigenvalue weighted by molar-refractivity contribution is 7.89. The molecule has 0 aliphatic rings. The first-order valence-corrected chi connectivity index (χ1v) is 9.45. The molecular formula is C15H18FN3O4S2. The van der Waals surface area contributed by atoms with Gasteiger partial charge in [-0.05, 0) is 23.8 Å². The molecule has 1 atom stereocenters. The van der Waals surface area contributed by atoms with Crippen molar-refractivity contribution in [2.24, 2.45) is 5.16 Å². The van der Waals surface area contributed by atoms with Crippen LogP contribution in [0.15, 0.2) is 40.4 Å². The normalized spacial score (nSPS) is 13.6. The lowest BCUT2D eigenvalue weighted by Gasteiger charge is -2.20. The van der Waals surface area contributed by atoms with E-state index in [-0.39, 0.29) is 22.9 Å². The maximum atomic E-state index is 12.9. The maximum absolute atomic E-state index is 12.9. The smallest absolute Gasteiger partial charge is 0.245 e. The number of thiophene rings is 1. The molecule has 0 spiro atoms. The first-order valence-electron chi connectivity index (χ1n) is 7.19. The summed E-state index contributed by atoms with van der Waals surface area (Å²) in [4.78, 5) is 0.564. The number of sulfonamides is 1. The average molecular weight is 387 g/mol. The van der Waals surface area contributed by atoms with Gasteiger partial charge in [0, 0.05) is 31.1 Å². The maximum Gasteiger partial charge on any atom is 0.245 e. The van der Waals surface area contributed by atoms with Crippen molar-refractivity contribution < 1.29 is 23.1 Å². The van der Waals surface area contributed by atoms with E-state index in [0.29, 0.717) is 10.4 Å². The van der Waals surface area contributed by atoms with E-state index in [1.54, 1.807) is 0 Å². The first kappa shape index (κ1) is 19.3. The van der Waals surface area contributed by atoms with Gasteiger partial charge in [0.2, 0.25) is 10.0 Å². The van der Waals surface area contributed by atoms with Crippen molar-refractivity contribution in [2.75, 3.05) is 19.3 Å². The molecule has 7 nitrogen and oxygen atoms in total. The Balaban J connectivity index is 2.18. The van der Waals surface area contributed by atoms with Gasteiger partial charge < -0.3 is 16.0 Å². The lowest BCUT2D eigenvalue weighted by Crippen LogP contribution is -2.31. The lowest BCUT2D eigenvalue weighted by molar-refractivity contribution is 0.155. The summed E-state index contributed by atoms with van der Waals surface area (Å²) < 4.78 is 39.2. The van der Waals surface area contributed by atoms with Crippen LogP contribution in [-0.4, -0.2) is 42.8 Å². The molecule has 0 fully saturated rings. The van der Waals surface area contributed by atoms with Crippen molar-refractivity contribution in [3.8, 4) is 0 Å². The van der Waals surface area contributed by atoms with Crippen molar-refractivity contribution in [1.82, 2.24) is 4.31 Å². The topological polar surface area (TPSA) is 116 Å². The molecule has 4 N–H and O–H groups in total. The Morgan fingerprint density at radius 3 is 2.64 bits per heavy atom. The summed E-state index contributed by atoms with van der Waals surface area (Å²) in [5.74, 6) is -0.443. The van der Waals surface area contributed by atoms with Crippen LogP contribution in [0.3, 0.4) is 0 Å². The average Bonchev–Trinajstić information content (AvgIpc) is 2.95. The number of aliphatic hydroxyl groups excluding tert-OH is 1. The van der Waals surface area contributed by atoms with E-state index in [1.807, 2.05) is 0 Å². The molecule has 2 aromatic rings. The van der Waals surface area contributed by atoms with Crippen LogP contribution in [0, 0.1) is 5.82 Å². The van der Waals surface area contributed by atoms with E-state index >= 15 is 0 Å². The van der Waals surface area contributed by atoms with Gasteiger partial charge >= 0.3 is 0 Å². The molecule has 136 valence electrons. The monoisotopic (exact) mass is 387 g/mol. The number of nitrogens with zero attached hydrogens (tertiary/aromatic N) is 2. The molecule has 0 saturated carbocycles. The molecule has 1 aromatic heterocycles. The van der Waals surface area contributed by atoms with Crippen molar-refractivity contribution >= 4 is 32.6 Å². The summed E-state index contributed by atoms with van der Waals surface area (Å²) in [6.07, 6.45) is 0.369. The Bertz CT molecular complexity index is 850. The third-order valence-electron chi connectivity index (χ3n) is 3.52. The molecule has 0 bridgehead atoms. The van der Waals surface area contributed by atoms with E-state index in [2.05, 4.69) is 5.16 Å². The second kappa shape index (κ2) is 7.91. The summed E-state index contributed by atoms with van der Waals surface area (Å²) in [6, 6.07) is 6.59. The van der Waals surface area contributed by atoms with Gasteiger partial charge in [-0.15, -0.1) is 16.5 Å². The molecule has 1 heterocycles. The molecule has 0 radical (unpaired) electrons. The fraction of sp³-hybridized carbons (Fsp3) is 0.267. The molecule has 2 rings (SSSR count). The number of hydrogen-bond acceptors (Lipinski definition) is 7. The number of hydrogen-bond donors (Lipinski definition) is 3. The largest absolute Gasteiger partial charge is 0.411 e. The number of aliphatic hydroxyl groups is 1. The molecule has 1 unspecified atom stereocenters. The van der Waals surface area contributed by atoms with E-state index in [0.717, 1.165) is 15.6 Å². The first-order chi connectivity index (χ1) is 11.8. The predicted molar refractivity (Wildman–Crippen MR) is 93.9 cm³/mol. The Morgan fingerprint density at radius 2 is 2.04 bits per heavy atom. The number of oxime groups is 1. The van der Waals surface area contributed by atoms with Crippen molar-refractivity contribution in [2.45, 2.75) is 17.4 Å². The molecule has 0 amide bonds. The number of nitrogens with two attached hydrogens (primary N) is 1. The number of halogens is 1. The molecule has 25 heavy (non-hydrogen) atoms. The second-order valence-electron chi connectivity index (χ2n) is 5.30. The predicted octanol–water partition coefficient (Wildman–Crippen LogP) is 1.83. The lowest BCUT2D eigenvalue weighted by atomic mass is 10.1. The number of likely N-dealkylation sites (N-methyl/N-ethyl adjacent to an activating group) is 1. The van der Waals surface area contributed by atoms with Crippen LogP contribution in [0.2, 0.25) is 0 Å². The van der Waals surface area contributed by atoms with Crippen LogP contribution in [0.4, 0.5) is 9.39 Å². The van der Waals surface area contributed by atoms with Crippen molar-refractivity contribution in [3.05, 3.63) is 46.6 Å². The quantitative estimate of drug-likeness (QED) is 0.381. The highest BCUT2D eigenvalue weighted by atomic mass is 32.2. The van der Waals surface area contributed by atoms with Gasteiger partial charge in [0.1, 0.15) is 15.7 Å². The zero-order valence-corrected chi connectivity index (χ0v) is 15.0. The van der Waals surface area contributed by atoms with Crippen molar-refractivity contribution in [3.63, 3.8) is 0 Å². The highest BCUT2D eigenvalue weighted by Crippen LogP contribution is 2.31. The van der Waals surface area contributed by atoms with E-state index in [1.165, 1.54) is 43.6 Å². The Hall–Kier alpha value is -2.01. The summed E-state index contributed by atoms with van der Waals surface area (Å²) in [6.45, 7) is -0.212. The van der Waals surface area contributed by atoms with E-state index in [4.69, 9.17) is 10.9 Å². The van der Waals surface area contributed by atoms with Crippen LogP contribution in [0.5, 0.6) is 0 Å².